The van der Waals surface area contributed by atoms with Crippen molar-refractivity contribution in [2.24, 2.45) is 17.3 Å². The van der Waals surface area contributed by atoms with E-state index in [1.165, 1.54) is 30.6 Å². The number of hydrogen-bond acceptors (Lipinski definition) is 1. The summed E-state index contributed by atoms with van der Waals surface area (Å²) < 4.78 is 0. The molecule has 2 aliphatic carbocycles. The van der Waals surface area contributed by atoms with Crippen LogP contribution in [-0.2, 0) is 0 Å². The van der Waals surface area contributed by atoms with Gasteiger partial charge in [-0.2, -0.15) is 0 Å². The lowest BCUT2D eigenvalue weighted by Gasteiger charge is -2.29. The first-order valence-corrected chi connectivity index (χ1v) is 8.10. The zero-order valence-electron chi connectivity index (χ0n) is 12.9. The molecule has 0 aromatic heterocycles. The van der Waals surface area contributed by atoms with Crippen molar-refractivity contribution < 1.29 is 4.90 Å². The van der Waals surface area contributed by atoms with Crippen molar-refractivity contribution in [1.82, 2.24) is 10.6 Å². The number of nitrogens with one attached hydrogen (secondary N) is 3. The average molecular weight is 284 g/mol. The fourth-order valence-corrected chi connectivity index (χ4v) is 4.20. The molecule has 0 unspecified atom stereocenters. The van der Waals surface area contributed by atoms with E-state index in [1.807, 2.05) is 0 Å². The molecule has 0 radical (unpaired) electrons. The lowest BCUT2D eigenvalue weighted by Crippen LogP contribution is -3.07. The molecule has 2 rings (SSSR count). The summed E-state index contributed by atoms with van der Waals surface area (Å²) in [7, 11) is 4.40. The Hall–Kier alpha value is -0.350. The number of quaternary nitrogens is 1. The highest BCUT2D eigenvalue weighted by Gasteiger charge is 2.39. The van der Waals surface area contributed by atoms with E-state index in [4.69, 9.17) is 12.2 Å². The summed E-state index contributed by atoms with van der Waals surface area (Å²) in [6, 6.07) is 0.640. The highest BCUT2D eigenvalue weighted by Crippen LogP contribution is 2.44. The van der Waals surface area contributed by atoms with Crippen LogP contribution in [0.1, 0.15) is 39.5 Å². The predicted octanol–water partition coefficient (Wildman–Crippen LogP) is 0.810. The number of thiocarbonyl (C=S) groups is 1. The fourth-order valence-electron chi connectivity index (χ4n) is 3.98. The van der Waals surface area contributed by atoms with Crippen LogP contribution in [-0.4, -0.2) is 38.3 Å². The molecule has 2 aliphatic rings. The Labute approximate surface area is 123 Å². The van der Waals surface area contributed by atoms with Crippen molar-refractivity contribution in [2.75, 3.05) is 27.2 Å². The summed E-state index contributed by atoms with van der Waals surface area (Å²) >= 11 is 5.46. The van der Waals surface area contributed by atoms with Crippen LogP contribution in [0, 0.1) is 17.3 Å². The molecule has 0 aromatic rings. The van der Waals surface area contributed by atoms with Gasteiger partial charge in [0.25, 0.3) is 0 Å². The molecule has 0 aromatic carbocycles. The maximum absolute atomic E-state index is 5.46. The summed E-state index contributed by atoms with van der Waals surface area (Å²) in [5.74, 6) is 1.85. The monoisotopic (exact) mass is 284 g/mol. The normalized spacial score (nSPS) is 29.8. The molecule has 2 fully saturated rings. The molecule has 0 heterocycles. The van der Waals surface area contributed by atoms with Crippen LogP contribution in [0.3, 0.4) is 0 Å². The minimum atomic E-state index is 0.277. The van der Waals surface area contributed by atoms with Gasteiger partial charge in [-0.05, 0) is 43.3 Å². The van der Waals surface area contributed by atoms with E-state index in [9.17, 15) is 0 Å². The quantitative estimate of drug-likeness (QED) is 0.653. The zero-order chi connectivity index (χ0) is 14.0. The molecule has 2 saturated carbocycles. The van der Waals surface area contributed by atoms with Gasteiger partial charge >= 0.3 is 0 Å². The van der Waals surface area contributed by atoms with Crippen LogP contribution < -0.4 is 15.5 Å². The van der Waals surface area contributed by atoms with Crippen molar-refractivity contribution >= 4 is 17.3 Å². The molecule has 4 heteroatoms. The maximum Gasteiger partial charge on any atom is 0.166 e. The van der Waals surface area contributed by atoms with E-state index in [2.05, 4.69) is 38.6 Å². The second-order valence-corrected chi connectivity index (χ2v) is 8.06. The third kappa shape index (κ3) is 4.32. The largest absolute Gasteiger partial charge is 0.362 e. The molecule has 2 bridgehead atoms. The zero-order valence-corrected chi connectivity index (χ0v) is 13.7. The van der Waals surface area contributed by atoms with Crippen molar-refractivity contribution in [2.45, 2.75) is 45.6 Å². The number of rotatable bonds is 5. The van der Waals surface area contributed by atoms with Gasteiger partial charge in [0.15, 0.2) is 5.11 Å². The highest BCUT2D eigenvalue weighted by molar-refractivity contribution is 7.80. The molecule has 3 N–H and O–H groups in total. The van der Waals surface area contributed by atoms with Gasteiger partial charge < -0.3 is 15.5 Å². The standard InChI is InChI=1S/C15H29N3S/c1-15(2,10-18(3)4)9-16-14(19)17-13-8-11-5-6-12(13)7-11/h11-13H,5-10H2,1-4H3,(H2,16,17,19)/p+1/t11-,12+,13-/m0/s1. The summed E-state index contributed by atoms with van der Waals surface area (Å²) in [6.07, 6.45) is 5.61. The van der Waals surface area contributed by atoms with Crippen molar-refractivity contribution in [3.63, 3.8) is 0 Å². The molecule has 0 amide bonds. The Morgan fingerprint density at radius 3 is 2.53 bits per heavy atom. The molecule has 3 atom stereocenters. The second-order valence-electron chi connectivity index (χ2n) is 7.66. The predicted molar refractivity (Wildman–Crippen MR) is 84.4 cm³/mol. The van der Waals surface area contributed by atoms with Crippen molar-refractivity contribution in [3.05, 3.63) is 0 Å². The molecular weight excluding hydrogens is 254 g/mol. The van der Waals surface area contributed by atoms with Crippen LogP contribution in [0.4, 0.5) is 0 Å². The minimum Gasteiger partial charge on any atom is -0.362 e. The number of fused-ring (bicyclic) bond motifs is 2. The van der Waals surface area contributed by atoms with Crippen LogP contribution in [0.2, 0.25) is 0 Å². The summed E-state index contributed by atoms with van der Waals surface area (Å²) in [5, 5.41) is 7.83. The van der Waals surface area contributed by atoms with Gasteiger partial charge in [0, 0.05) is 18.0 Å². The summed E-state index contributed by atoms with van der Waals surface area (Å²) in [4.78, 5) is 1.48. The topological polar surface area (TPSA) is 28.5 Å². The smallest absolute Gasteiger partial charge is 0.166 e. The SMILES string of the molecule is C[NH+](C)CC(C)(C)CNC(=S)N[C@H]1C[C@H]2CC[C@@H]1C2. The molecule has 0 saturated heterocycles. The summed E-state index contributed by atoms with van der Waals surface area (Å²) in [6.45, 7) is 6.70. The van der Waals surface area contributed by atoms with Crippen LogP contribution in [0.5, 0.6) is 0 Å². The van der Waals surface area contributed by atoms with E-state index < -0.39 is 0 Å². The molecule has 0 aliphatic heterocycles. The Balaban J connectivity index is 1.70. The first kappa shape index (κ1) is 15.0. The summed E-state index contributed by atoms with van der Waals surface area (Å²) in [5.41, 5.74) is 0.277. The van der Waals surface area contributed by atoms with Crippen LogP contribution in [0.15, 0.2) is 0 Å². The second kappa shape index (κ2) is 5.96. The lowest BCUT2D eigenvalue weighted by molar-refractivity contribution is -0.865. The van der Waals surface area contributed by atoms with Gasteiger partial charge in [0.2, 0.25) is 0 Å². The molecule has 110 valence electrons. The van der Waals surface area contributed by atoms with Gasteiger partial charge in [0.1, 0.15) is 0 Å². The first-order valence-electron chi connectivity index (χ1n) is 7.69. The highest BCUT2D eigenvalue weighted by atomic mass is 32.1. The van der Waals surface area contributed by atoms with Crippen LogP contribution >= 0.6 is 12.2 Å². The fraction of sp³-hybridized carbons (Fsp3) is 0.933. The van der Waals surface area contributed by atoms with Gasteiger partial charge in [-0.1, -0.05) is 20.3 Å². The molecule has 19 heavy (non-hydrogen) atoms. The molecular formula is C15H30N3S+. The van der Waals surface area contributed by atoms with E-state index in [-0.39, 0.29) is 5.41 Å². The van der Waals surface area contributed by atoms with Gasteiger partial charge in [-0.25, -0.2) is 0 Å². The van der Waals surface area contributed by atoms with E-state index in [1.54, 1.807) is 0 Å². The van der Waals surface area contributed by atoms with Crippen molar-refractivity contribution in [1.29, 1.82) is 0 Å². The maximum atomic E-state index is 5.46. The van der Waals surface area contributed by atoms with Gasteiger partial charge in [-0.3, -0.25) is 0 Å². The first-order chi connectivity index (χ1) is 8.85. The Morgan fingerprint density at radius 1 is 1.26 bits per heavy atom. The van der Waals surface area contributed by atoms with Crippen LogP contribution in [0.25, 0.3) is 0 Å². The average Bonchev–Trinajstić information content (AvgIpc) is 2.86. The minimum absolute atomic E-state index is 0.277. The third-order valence-corrected chi connectivity index (χ3v) is 4.88. The lowest BCUT2D eigenvalue weighted by atomic mass is 9.93. The Morgan fingerprint density at radius 2 is 2.00 bits per heavy atom. The molecule has 0 spiro atoms. The Kier molecular flexibility index (Phi) is 4.72. The number of hydrogen-bond donors (Lipinski definition) is 3. The Bertz CT molecular complexity index is 327. The molecule has 3 nitrogen and oxygen atoms in total. The van der Waals surface area contributed by atoms with Gasteiger partial charge in [0.05, 0.1) is 20.6 Å². The van der Waals surface area contributed by atoms with Crippen molar-refractivity contribution in [3.8, 4) is 0 Å². The van der Waals surface area contributed by atoms with E-state index >= 15 is 0 Å². The van der Waals surface area contributed by atoms with E-state index in [0.29, 0.717) is 6.04 Å². The third-order valence-electron chi connectivity index (χ3n) is 4.61. The van der Waals surface area contributed by atoms with E-state index in [0.717, 1.165) is 30.0 Å². The van der Waals surface area contributed by atoms with Gasteiger partial charge in [-0.15, -0.1) is 0 Å².